The lowest BCUT2D eigenvalue weighted by Crippen LogP contribution is -2.18. The Bertz CT molecular complexity index is 1360. The summed E-state index contributed by atoms with van der Waals surface area (Å²) in [6, 6.07) is 9.42. The lowest BCUT2D eigenvalue weighted by atomic mass is 10.1. The first-order chi connectivity index (χ1) is 15.5. The number of ether oxygens (including phenoxy) is 3. The molecule has 1 aliphatic heterocycles. The molecule has 0 radical (unpaired) electrons. The zero-order valence-electron chi connectivity index (χ0n) is 17.7. The first-order valence-corrected chi connectivity index (χ1v) is 10.7. The fourth-order valence-corrected chi connectivity index (χ4v) is 4.93. The van der Waals surface area contributed by atoms with Crippen molar-refractivity contribution in [2.45, 2.75) is 13.8 Å². The van der Waals surface area contributed by atoms with E-state index in [0.717, 1.165) is 27.2 Å². The summed E-state index contributed by atoms with van der Waals surface area (Å²) in [6.07, 6.45) is 5.37. The van der Waals surface area contributed by atoms with Crippen molar-refractivity contribution in [3.63, 3.8) is 0 Å². The van der Waals surface area contributed by atoms with E-state index in [4.69, 9.17) is 14.2 Å². The van der Waals surface area contributed by atoms with Crippen molar-refractivity contribution in [3.8, 4) is 22.9 Å². The van der Waals surface area contributed by atoms with E-state index in [1.807, 2.05) is 49.0 Å². The predicted octanol–water partition coefficient (Wildman–Crippen LogP) is 4.21. The average Bonchev–Trinajstić information content (AvgIpc) is 3.51. The van der Waals surface area contributed by atoms with Crippen LogP contribution in [0.4, 0.5) is 0 Å². The number of methoxy groups -OCH3 is 1. The van der Waals surface area contributed by atoms with Gasteiger partial charge in [0.1, 0.15) is 9.71 Å². The normalized spacial score (nSPS) is 12.6. The predicted molar refractivity (Wildman–Crippen MR) is 123 cm³/mol. The van der Waals surface area contributed by atoms with Gasteiger partial charge in [0.05, 0.1) is 19.0 Å². The van der Waals surface area contributed by atoms with E-state index >= 15 is 0 Å². The molecule has 0 bridgehead atoms. The smallest absolute Gasteiger partial charge is 0.283 e. The van der Waals surface area contributed by atoms with E-state index in [1.165, 1.54) is 11.3 Å². The maximum Gasteiger partial charge on any atom is 0.283 e. The van der Waals surface area contributed by atoms with Crippen molar-refractivity contribution in [2.75, 3.05) is 13.9 Å². The molecule has 1 amide bonds. The highest BCUT2D eigenvalue weighted by molar-refractivity contribution is 7.21. The highest BCUT2D eigenvalue weighted by Gasteiger charge is 2.22. The number of aromatic nitrogens is 2. The van der Waals surface area contributed by atoms with Gasteiger partial charge in [-0.05, 0) is 49.7 Å². The van der Waals surface area contributed by atoms with Crippen LogP contribution in [0.15, 0.2) is 47.8 Å². The van der Waals surface area contributed by atoms with Gasteiger partial charge in [0.2, 0.25) is 12.5 Å². The van der Waals surface area contributed by atoms with E-state index in [0.29, 0.717) is 27.7 Å². The molecule has 162 valence electrons. The summed E-state index contributed by atoms with van der Waals surface area (Å²) < 4.78 is 18.1. The first-order valence-electron chi connectivity index (χ1n) is 9.90. The minimum absolute atomic E-state index is 0.143. The zero-order chi connectivity index (χ0) is 22.2. The van der Waals surface area contributed by atoms with Gasteiger partial charge in [0.15, 0.2) is 11.5 Å². The molecule has 1 aliphatic rings. The molecule has 5 rings (SSSR count). The van der Waals surface area contributed by atoms with Crippen molar-refractivity contribution in [2.24, 2.45) is 5.10 Å². The number of carbonyl (C=O) groups is 1. The van der Waals surface area contributed by atoms with Gasteiger partial charge in [-0.15, -0.1) is 11.3 Å². The number of amides is 1. The van der Waals surface area contributed by atoms with E-state index in [1.54, 1.807) is 25.5 Å². The molecule has 4 heterocycles. The Morgan fingerprint density at radius 2 is 2.06 bits per heavy atom. The van der Waals surface area contributed by atoms with Crippen molar-refractivity contribution < 1.29 is 19.0 Å². The average molecular weight is 449 g/mol. The van der Waals surface area contributed by atoms with Gasteiger partial charge in [-0.1, -0.05) is 0 Å². The number of hydrazone groups is 1. The topological polar surface area (TPSA) is 87.0 Å². The number of rotatable bonds is 5. The number of fused-ring (bicyclic) bond motifs is 2. The summed E-state index contributed by atoms with van der Waals surface area (Å²) in [4.78, 5) is 19.1. The van der Waals surface area contributed by atoms with Gasteiger partial charge in [-0.2, -0.15) is 5.10 Å². The van der Waals surface area contributed by atoms with Crippen molar-refractivity contribution >= 4 is 33.7 Å². The largest absolute Gasteiger partial charge is 0.493 e. The molecule has 1 N–H and O–H groups in total. The van der Waals surface area contributed by atoms with Crippen LogP contribution in [0.3, 0.4) is 0 Å². The molecule has 0 unspecified atom stereocenters. The van der Waals surface area contributed by atoms with Crippen LogP contribution >= 0.6 is 11.3 Å². The zero-order valence-corrected chi connectivity index (χ0v) is 18.5. The molecule has 0 atom stereocenters. The third-order valence-electron chi connectivity index (χ3n) is 5.09. The number of nitrogens with one attached hydrogen (secondary N) is 1. The lowest BCUT2D eigenvalue weighted by Gasteiger charge is -2.07. The Morgan fingerprint density at radius 1 is 1.25 bits per heavy atom. The monoisotopic (exact) mass is 448 g/mol. The third-order valence-corrected chi connectivity index (χ3v) is 6.16. The number of thiophene rings is 1. The summed E-state index contributed by atoms with van der Waals surface area (Å²) in [6.45, 7) is 4.12. The number of hydrogen-bond acceptors (Lipinski definition) is 7. The second-order valence-corrected chi connectivity index (χ2v) is 8.29. The fraction of sp³-hybridized carbons (Fsp3) is 0.174. The molecular weight excluding hydrogens is 428 g/mol. The number of pyridine rings is 1. The Kier molecular flexibility index (Phi) is 5.02. The van der Waals surface area contributed by atoms with Gasteiger partial charge in [-0.25, -0.2) is 10.4 Å². The van der Waals surface area contributed by atoms with E-state index in [9.17, 15) is 4.79 Å². The SMILES string of the molecule is COc1cc(C=NNC(=O)c2sc3nc(C)cc(C)c3c2-n2cccc2)cc2c1OCO2. The number of aryl methyl sites for hydroxylation is 2. The molecule has 0 fully saturated rings. The van der Waals surface area contributed by atoms with Gasteiger partial charge < -0.3 is 18.8 Å². The molecule has 9 heteroatoms. The van der Waals surface area contributed by atoms with Gasteiger partial charge >= 0.3 is 0 Å². The van der Waals surface area contributed by atoms with E-state index in [-0.39, 0.29) is 12.7 Å². The summed E-state index contributed by atoms with van der Waals surface area (Å²) in [5.74, 6) is 1.38. The maximum absolute atomic E-state index is 13.1. The molecule has 0 aliphatic carbocycles. The summed E-state index contributed by atoms with van der Waals surface area (Å²) in [5.41, 5.74) is 6.14. The summed E-state index contributed by atoms with van der Waals surface area (Å²) in [5, 5.41) is 5.12. The van der Waals surface area contributed by atoms with Crippen LogP contribution < -0.4 is 19.6 Å². The Morgan fingerprint density at radius 3 is 2.84 bits per heavy atom. The molecular formula is C23H20N4O4S. The highest BCUT2D eigenvalue weighted by atomic mass is 32.1. The van der Waals surface area contributed by atoms with Crippen LogP contribution in [0.25, 0.3) is 15.9 Å². The summed E-state index contributed by atoms with van der Waals surface area (Å²) in [7, 11) is 1.56. The third kappa shape index (κ3) is 3.46. The number of hydrogen-bond donors (Lipinski definition) is 1. The van der Waals surface area contributed by atoms with Gasteiger partial charge in [-0.3, -0.25) is 4.79 Å². The minimum atomic E-state index is -0.308. The van der Waals surface area contributed by atoms with E-state index in [2.05, 4.69) is 15.5 Å². The van der Waals surface area contributed by atoms with Crippen LogP contribution in [0.2, 0.25) is 0 Å². The Balaban J connectivity index is 1.47. The molecule has 0 spiro atoms. The van der Waals surface area contributed by atoms with Crippen LogP contribution in [0.5, 0.6) is 17.2 Å². The van der Waals surface area contributed by atoms with Crippen molar-refractivity contribution in [1.82, 2.24) is 15.0 Å². The highest BCUT2D eigenvalue weighted by Crippen LogP contribution is 2.41. The van der Waals surface area contributed by atoms with Crippen molar-refractivity contribution in [3.05, 3.63) is 64.4 Å². The van der Waals surface area contributed by atoms with Gasteiger partial charge in [0, 0.05) is 29.0 Å². The molecule has 1 aromatic carbocycles. The standard InChI is InChI=1S/C23H20N4O4S/c1-13-8-14(2)25-23-18(13)19(27-6-4-5-7-27)21(32-23)22(28)26-24-11-15-9-16(29-3)20-17(10-15)30-12-31-20/h4-11H,12H2,1-3H3,(H,26,28). The molecule has 0 saturated carbocycles. The number of carbonyl (C=O) groups excluding carboxylic acids is 1. The maximum atomic E-state index is 13.1. The molecule has 8 nitrogen and oxygen atoms in total. The molecule has 4 aromatic rings. The fourth-order valence-electron chi connectivity index (χ4n) is 3.75. The Hall–Kier alpha value is -3.85. The van der Waals surface area contributed by atoms with Crippen LogP contribution in [0.1, 0.15) is 26.5 Å². The Labute approximate surface area is 188 Å². The number of nitrogens with zero attached hydrogens (tertiary/aromatic N) is 3. The van der Waals surface area contributed by atoms with Crippen molar-refractivity contribution in [1.29, 1.82) is 0 Å². The molecule has 0 saturated heterocycles. The second-order valence-electron chi connectivity index (χ2n) is 7.29. The van der Waals surface area contributed by atoms with Gasteiger partial charge in [0.25, 0.3) is 5.91 Å². The van der Waals surface area contributed by atoms with Crippen LogP contribution in [0, 0.1) is 13.8 Å². The first kappa shape index (κ1) is 20.1. The van der Waals surface area contributed by atoms with Crippen LogP contribution in [-0.2, 0) is 0 Å². The lowest BCUT2D eigenvalue weighted by molar-refractivity contribution is 0.0959. The van der Waals surface area contributed by atoms with Crippen LogP contribution in [-0.4, -0.2) is 35.6 Å². The summed E-state index contributed by atoms with van der Waals surface area (Å²) >= 11 is 1.35. The van der Waals surface area contributed by atoms with E-state index < -0.39 is 0 Å². The molecule has 32 heavy (non-hydrogen) atoms. The number of benzene rings is 1. The minimum Gasteiger partial charge on any atom is -0.493 e. The quantitative estimate of drug-likeness (QED) is 0.365. The molecule has 3 aromatic heterocycles. The second kappa shape index (κ2) is 8.01.